The molecular formula is C21H22N8OS. The van der Waals surface area contributed by atoms with Gasteiger partial charge in [-0.25, -0.2) is 14.0 Å². The molecule has 0 saturated carbocycles. The van der Waals surface area contributed by atoms with E-state index in [9.17, 15) is 5.26 Å². The number of nitrogens with one attached hydrogen (secondary N) is 1. The summed E-state index contributed by atoms with van der Waals surface area (Å²) in [6.45, 7) is 5.99. The van der Waals surface area contributed by atoms with Crippen molar-refractivity contribution in [3.63, 3.8) is 0 Å². The number of nitriles is 1. The Morgan fingerprint density at radius 3 is 2.87 bits per heavy atom. The van der Waals surface area contributed by atoms with E-state index in [1.165, 1.54) is 11.5 Å². The minimum atomic E-state index is -0.224. The van der Waals surface area contributed by atoms with Gasteiger partial charge in [0.15, 0.2) is 0 Å². The molecule has 10 heteroatoms. The van der Waals surface area contributed by atoms with Gasteiger partial charge in [0.05, 0.1) is 17.9 Å². The standard InChI is InChI=1S/C21H22N8OS/c1-13-21(26-27-29(13)17-3-5-23-6-4-17)15-7-19-24-11-18(9-22)28(19)20(8-15)30-14(2)16-10-25-31-12-16/h7-8,10-12,14,17,23H,3-6H2,1-2H3. The quantitative estimate of drug-likeness (QED) is 0.514. The predicted octanol–water partition coefficient (Wildman–Crippen LogP) is 3.29. The summed E-state index contributed by atoms with van der Waals surface area (Å²) in [4.78, 5) is 4.42. The zero-order chi connectivity index (χ0) is 21.4. The van der Waals surface area contributed by atoms with Crippen LogP contribution in [0.5, 0.6) is 5.88 Å². The predicted molar refractivity (Wildman–Crippen MR) is 116 cm³/mol. The fourth-order valence-electron chi connectivity index (χ4n) is 4.05. The molecule has 31 heavy (non-hydrogen) atoms. The van der Waals surface area contributed by atoms with Crippen molar-refractivity contribution in [3.8, 4) is 23.2 Å². The molecule has 5 heterocycles. The van der Waals surface area contributed by atoms with Crippen molar-refractivity contribution in [2.24, 2.45) is 0 Å². The third kappa shape index (κ3) is 3.56. The maximum Gasteiger partial charge on any atom is 0.201 e. The van der Waals surface area contributed by atoms with Crippen molar-refractivity contribution in [1.82, 2.24) is 34.1 Å². The number of nitrogens with zero attached hydrogens (tertiary/aromatic N) is 7. The number of piperidine rings is 1. The van der Waals surface area contributed by atoms with E-state index in [-0.39, 0.29) is 6.10 Å². The monoisotopic (exact) mass is 434 g/mol. The smallest absolute Gasteiger partial charge is 0.201 e. The maximum atomic E-state index is 9.54. The Balaban J connectivity index is 1.57. The first-order valence-electron chi connectivity index (χ1n) is 10.3. The van der Waals surface area contributed by atoms with E-state index in [1.807, 2.05) is 36.0 Å². The van der Waals surface area contributed by atoms with Crippen LogP contribution in [0.3, 0.4) is 0 Å². The molecule has 158 valence electrons. The lowest BCUT2D eigenvalue weighted by Gasteiger charge is -2.23. The van der Waals surface area contributed by atoms with Crippen LogP contribution in [0.2, 0.25) is 0 Å². The van der Waals surface area contributed by atoms with Crippen LogP contribution < -0.4 is 10.1 Å². The minimum absolute atomic E-state index is 0.224. The molecule has 1 saturated heterocycles. The Morgan fingerprint density at radius 1 is 1.29 bits per heavy atom. The molecule has 1 atom stereocenters. The number of rotatable bonds is 5. The van der Waals surface area contributed by atoms with Crippen molar-refractivity contribution in [3.05, 3.63) is 46.9 Å². The summed E-state index contributed by atoms with van der Waals surface area (Å²) < 4.78 is 14.2. The Kier molecular flexibility index (Phi) is 5.13. The molecule has 1 N–H and O–H groups in total. The number of imidazole rings is 1. The maximum absolute atomic E-state index is 9.54. The Labute approximate surface area is 183 Å². The summed E-state index contributed by atoms with van der Waals surface area (Å²) in [6.07, 6.45) is 5.20. The van der Waals surface area contributed by atoms with E-state index >= 15 is 0 Å². The lowest BCUT2D eigenvalue weighted by molar-refractivity contribution is 0.215. The molecule has 9 nitrogen and oxygen atoms in total. The van der Waals surface area contributed by atoms with Gasteiger partial charge in [-0.2, -0.15) is 5.26 Å². The van der Waals surface area contributed by atoms with Gasteiger partial charge >= 0.3 is 0 Å². The molecule has 4 aromatic rings. The summed E-state index contributed by atoms with van der Waals surface area (Å²) in [6, 6.07) is 6.38. The van der Waals surface area contributed by atoms with E-state index in [1.54, 1.807) is 16.8 Å². The number of ether oxygens (including phenoxy) is 1. The summed E-state index contributed by atoms with van der Waals surface area (Å²) in [7, 11) is 0. The largest absolute Gasteiger partial charge is 0.471 e. The SMILES string of the molecule is Cc1c(-c2cc(OC(C)c3cnsc3)n3c(C#N)cnc3c2)nnn1C1CCNCC1. The van der Waals surface area contributed by atoms with Crippen LogP contribution in [0.15, 0.2) is 29.9 Å². The van der Waals surface area contributed by atoms with Crippen LogP contribution in [-0.2, 0) is 0 Å². The van der Waals surface area contributed by atoms with Crippen molar-refractivity contribution < 1.29 is 4.74 Å². The van der Waals surface area contributed by atoms with Crippen LogP contribution in [0.1, 0.15) is 48.9 Å². The Bertz CT molecular complexity index is 1250. The van der Waals surface area contributed by atoms with E-state index in [0.29, 0.717) is 23.3 Å². The second kappa shape index (κ2) is 8.09. The average molecular weight is 435 g/mol. The number of hydrogen-bond donors (Lipinski definition) is 1. The molecule has 1 aliphatic rings. The molecule has 0 aliphatic carbocycles. The van der Waals surface area contributed by atoms with Gasteiger partial charge in [-0.15, -0.1) is 5.10 Å². The molecule has 5 rings (SSSR count). The van der Waals surface area contributed by atoms with Gasteiger partial charge < -0.3 is 10.1 Å². The molecular weight excluding hydrogens is 412 g/mol. The number of aromatic nitrogens is 6. The van der Waals surface area contributed by atoms with Crippen molar-refractivity contribution in [1.29, 1.82) is 5.26 Å². The molecule has 0 spiro atoms. The van der Waals surface area contributed by atoms with Gasteiger partial charge in [-0.1, -0.05) is 5.21 Å². The molecule has 0 bridgehead atoms. The fraction of sp³-hybridized carbons (Fsp3) is 0.381. The molecule has 0 aromatic carbocycles. The third-order valence-corrected chi connectivity index (χ3v) is 6.37. The van der Waals surface area contributed by atoms with Crippen LogP contribution in [0.25, 0.3) is 16.9 Å². The van der Waals surface area contributed by atoms with E-state index in [4.69, 9.17) is 4.74 Å². The molecule has 0 amide bonds. The minimum Gasteiger partial charge on any atom is -0.471 e. The zero-order valence-corrected chi connectivity index (χ0v) is 18.1. The van der Waals surface area contributed by atoms with Gasteiger partial charge in [0.2, 0.25) is 5.88 Å². The molecule has 1 fully saturated rings. The number of fused-ring (bicyclic) bond motifs is 1. The van der Waals surface area contributed by atoms with Crippen molar-refractivity contribution >= 4 is 17.2 Å². The van der Waals surface area contributed by atoms with Gasteiger partial charge in [0.1, 0.15) is 29.2 Å². The van der Waals surface area contributed by atoms with Crippen LogP contribution >= 0.6 is 11.5 Å². The topological polar surface area (TPSA) is 106 Å². The van der Waals surface area contributed by atoms with Gasteiger partial charge in [0.25, 0.3) is 0 Å². The summed E-state index contributed by atoms with van der Waals surface area (Å²) >= 11 is 1.38. The molecule has 1 aliphatic heterocycles. The van der Waals surface area contributed by atoms with E-state index in [0.717, 1.165) is 48.4 Å². The first kappa shape index (κ1) is 19.7. The lowest BCUT2D eigenvalue weighted by Crippen LogP contribution is -2.30. The van der Waals surface area contributed by atoms with Crippen molar-refractivity contribution in [2.75, 3.05) is 13.1 Å². The average Bonchev–Trinajstić information content (AvgIpc) is 3.54. The van der Waals surface area contributed by atoms with Gasteiger partial charge in [-0.05, 0) is 57.4 Å². The van der Waals surface area contributed by atoms with Crippen LogP contribution in [-0.4, -0.2) is 41.8 Å². The van der Waals surface area contributed by atoms with E-state index in [2.05, 4.69) is 31.1 Å². The van der Waals surface area contributed by atoms with Gasteiger partial charge in [0, 0.05) is 28.8 Å². The third-order valence-electron chi connectivity index (χ3n) is 5.76. The van der Waals surface area contributed by atoms with Crippen molar-refractivity contribution in [2.45, 2.75) is 38.8 Å². The highest BCUT2D eigenvalue weighted by molar-refractivity contribution is 7.03. The van der Waals surface area contributed by atoms with Crippen LogP contribution in [0, 0.1) is 18.3 Å². The molecule has 1 unspecified atom stereocenters. The molecule has 4 aromatic heterocycles. The second-order valence-electron chi connectivity index (χ2n) is 7.70. The second-order valence-corrected chi connectivity index (χ2v) is 8.36. The number of hydrogen-bond acceptors (Lipinski definition) is 8. The summed E-state index contributed by atoms with van der Waals surface area (Å²) in [5, 5.41) is 23.8. The highest BCUT2D eigenvalue weighted by Gasteiger charge is 2.22. The highest BCUT2D eigenvalue weighted by atomic mass is 32.1. The first-order valence-corrected chi connectivity index (χ1v) is 11.1. The van der Waals surface area contributed by atoms with E-state index < -0.39 is 0 Å². The van der Waals surface area contributed by atoms with Crippen LogP contribution in [0.4, 0.5) is 0 Å². The normalized spacial score (nSPS) is 15.8. The summed E-state index contributed by atoms with van der Waals surface area (Å²) in [5.74, 6) is 0.538. The lowest BCUT2D eigenvalue weighted by atomic mass is 10.1. The number of pyridine rings is 1. The fourth-order valence-corrected chi connectivity index (χ4v) is 4.67. The first-order chi connectivity index (χ1) is 15.2. The molecule has 0 radical (unpaired) electrons. The highest BCUT2D eigenvalue weighted by Crippen LogP contribution is 2.32. The zero-order valence-electron chi connectivity index (χ0n) is 17.3. The Morgan fingerprint density at radius 2 is 2.13 bits per heavy atom. The Hall–Kier alpha value is -3.29. The summed E-state index contributed by atoms with van der Waals surface area (Å²) in [5.41, 5.74) is 4.72. The van der Waals surface area contributed by atoms with Gasteiger partial charge in [-0.3, -0.25) is 4.40 Å².